The highest BCUT2D eigenvalue weighted by Gasteiger charge is 2.16. The molecule has 0 aliphatic carbocycles. The molecular weight excluding hydrogens is 228 g/mol. The van der Waals surface area contributed by atoms with Gasteiger partial charge in [0.05, 0.1) is 19.8 Å². The standard InChI is InChI=1S/C14H20N2O2/c1-11-5-6-12(13(9-11)17-3)18-8-4-7-14(2,16)10-15/h5-6,9H,4,7-8,16H2,1-3H3. The summed E-state index contributed by atoms with van der Waals surface area (Å²) in [5.74, 6) is 1.45. The number of rotatable bonds is 6. The first kappa shape index (κ1) is 14.3. The Hall–Kier alpha value is -1.73. The average molecular weight is 248 g/mol. The van der Waals surface area contributed by atoms with Gasteiger partial charge in [-0.3, -0.25) is 0 Å². The summed E-state index contributed by atoms with van der Waals surface area (Å²) in [4.78, 5) is 0. The zero-order chi connectivity index (χ0) is 13.6. The van der Waals surface area contributed by atoms with Gasteiger partial charge >= 0.3 is 0 Å². The topological polar surface area (TPSA) is 68.3 Å². The quantitative estimate of drug-likeness (QED) is 0.785. The first-order chi connectivity index (χ1) is 8.48. The maximum Gasteiger partial charge on any atom is 0.161 e. The largest absolute Gasteiger partial charge is 0.493 e. The minimum absolute atomic E-state index is 0.522. The molecule has 4 heteroatoms. The van der Waals surface area contributed by atoms with Crippen LogP contribution in [-0.4, -0.2) is 19.3 Å². The Morgan fingerprint density at radius 2 is 2.11 bits per heavy atom. The fourth-order valence-corrected chi connectivity index (χ4v) is 1.57. The zero-order valence-corrected chi connectivity index (χ0v) is 11.2. The summed E-state index contributed by atoms with van der Waals surface area (Å²) in [6.07, 6.45) is 1.34. The average Bonchev–Trinajstić information content (AvgIpc) is 2.36. The Balaban J connectivity index is 2.47. The van der Waals surface area contributed by atoms with E-state index in [9.17, 15) is 0 Å². The molecule has 1 aromatic carbocycles. The fraction of sp³-hybridized carbons (Fsp3) is 0.500. The monoisotopic (exact) mass is 248 g/mol. The van der Waals surface area contributed by atoms with Crippen LogP contribution in [-0.2, 0) is 0 Å². The van der Waals surface area contributed by atoms with Gasteiger partial charge in [0.1, 0.15) is 5.54 Å². The zero-order valence-electron chi connectivity index (χ0n) is 11.2. The highest BCUT2D eigenvalue weighted by atomic mass is 16.5. The second-order valence-corrected chi connectivity index (χ2v) is 4.64. The molecule has 2 N–H and O–H groups in total. The van der Waals surface area contributed by atoms with Gasteiger partial charge in [-0.25, -0.2) is 0 Å². The van der Waals surface area contributed by atoms with Crippen LogP contribution >= 0.6 is 0 Å². The summed E-state index contributed by atoms with van der Waals surface area (Å²) in [5, 5.41) is 8.79. The molecule has 0 fully saturated rings. The Labute approximate surface area is 108 Å². The molecule has 0 heterocycles. The van der Waals surface area contributed by atoms with Crippen molar-refractivity contribution in [1.82, 2.24) is 0 Å². The van der Waals surface area contributed by atoms with Gasteiger partial charge in [0, 0.05) is 0 Å². The highest BCUT2D eigenvalue weighted by Crippen LogP contribution is 2.27. The third kappa shape index (κ3) is 4.27. The molecule has 1 aromatic rings. The number of methoxy groups -OCH3 is 1. The predicted molar refractivity (Wildman–Crippen MR) is 70.7 cm³/mol. The molecule has 1 rings (SSSR count). The number of benzene rings is 1. The van der Waals surface area contributed by atoms with Crippen molar-refractivity contribution in [2.75, 3.05) is 13.7 Å². The van der Waals surface area contributed by atoms with Crippen molar-refractivity contribution >= 4 is 0 Å². The Bertz CT molecular complexity index is 436. The van der Waals surface area contributed by atoms with Crippen molar-refractivity contribution < 1.29 is 9.47 Å². The number of hydrogen-bond acceptors (Lipinski definition) is 4. The fourth-order valence-electron chi connectivity index (χ4n) is 1.57. The van der Waals surface area contributed by atoms with Gasteiger partial charge in [-0.1, -0.05) is 6.07 Å². The lowest BCUT2D eigenvalue weighted by molar-refractivity contribution is 0.278. The Morgan fingerprint density at radius 1 is 1.39 bits per heavy atom. The molecule has 0 bridgehead atoms. The molecule has 98 valence electrons. The first-order valence-electron chi connectivity index (χ1n) is 5.96. The smallest absolute Gasteiger partial charge is 0.161 e. The summed E-state index contributed by atoms with van der Waals surface area (Å²) in [7, 11) is 1.62. The summed E-state index contributed by atoms with van der Waals surface area (Å²) in [5.41, 5.74) is 6.08. The van der Waals surface area contributed by atoms with Crippen molar-refractivity contribution in [2.24, 2.45) is 5.73 Å². The van der Waals surface area contributed by atoms with Crippen molar-refractivity contribution in [2.45, 2.75) is 32.2 Å². The minimum atomic E-state index is -0.777. The molecule has 1 atom stereocenters. The molecule has 0 radical (unpaired) electrons. The van der Waals surface area contributed by atoms with Gasteiger partial charge in [0.25, 0.3) is 0 Å². The van der Waals surface area contributed by atoms with E-state index in [1.807, 2.05) is 25.1 Å². The van der Waals surface area contributed by atoms with E-state index < -0.39 is 5.54 Å². The van der Waals surface area contributed by atoms with Gasteiger partial charge in [-0.2, -0.15) is 5.26 Å². The van der Waals surface area contributed by atoms with Gasteiger partial charge in [0.15, 0.2) is 11.5 Å². The van der Waals surface area contributed by atoms with E-state index in [2.05, 4.69) is 6.07 Å². The van der Waals surface area contributed by atoms with Gasteiger partial charge in [-0.15, -0.1) is 0 Å². The van der Waals surface area contributed by atoms with E-state index in [0.29, 0.717) is 13.0 Å². The van der Waals surface area contributed by atoms with E-state index in [4.69, 9.17) is 20.5 Å². The molecule has 0 saturated carbocycles. The number of nitrogens with zero attached hydrogens (tertiary/aromatic N) is 1. The number of hydrogen-bond donors (Lipinski definition) is 1. The van der Waals surface area contributed by atoms with E-state index in [1.165, 1.54) is 0 Å². The summed E-state index contributed by atoms with van der Waals surface area (Å²) >= 11 is 0. The summed E-state index contributed by atoms with van der Waals surface area (Å²) in [6.45, 7) is 4.24. The minimum Gasteiger partial charge on any atom is -0.493 e. The molecule has 0 amide bonds. The molecule has 0 aliphatic heterocycles. The van der Waals surface area contributed by atoms with Crippen LogP contribution in [0.15, 0.2) is 18.2 Å². The Morgan fingerprint density at radius 3 is 2.72 bits per heavy atom. The normalized spacial score (nSPS) is 13.5. The molecular formula is C14H20N2O2. The molecule has 0 spiro atoms. The van der Waals surface area contributed by atoms with E-state index >= 15 is 0 Å². The number of nitriles is 1. The van der Waals surface area contributed by atoms with Crippen LogP contribution in [0.25, 0.3) is 0 Å². The first-order valence-corrected chi connectivity index (χ1v) is 5.96. The van der Waals surface area contributed by atoms with E-state index in [0.717, 1.165) is 23.5 Å². The maximum atomic E-state index is 8.79. The molecule has 4 nitrogen and oxygen atoms in total. The van der Waals surface area contributed by atoms with E-state index in [-0.39, 0.29) is 0 Å². The SMILES string of the molecule is COc1cc(C)ccc1OCCCC(C)(N)C#N. The maximum absolute atomic E-state index is 8.79. The number of nitrogens with two attached hydrogens (primary N) is 1. The second-order valence-electron chi connectivity index (χ2n) is 4.64. The number of aryl methyl sites for hydroxylation is 1. The summed E-state index contributed by atoms with van der Waals surface area (Å²) in [6, 6.07) is 7.86. The van der Waals surface area contributed by atoms with Crippen molar-refractivity contribution in [3.8, 4) is 17.6 Å². The Kier molecular flexibility index (Phi) is 4.99. The van der Waals surface area contributed by atoms with Crippen LogP contribution in [0.2, 0.25) is 0 Å². The molecule has 0 aromatic heterocycles. The lowest BCUT2D eigenvalue weighted by Crippen LogP contribution is -2.34. The van der Waals surface area contributed by atoms with Gasteiger partial charge in [-0.05, 0) is 44.4 Å². The molecule has 0 saturated heterocycles. The van der Waals surface area contributed by atoms with Crippen LogP contribution in [0.5, 0.6) is 11.5 Å². The lowest BCUT2D eigenvalue weighted by Gasteiger charge is -2.15. The van der Waals surface area contributed by atoms with Crippen LogP contribution in [0.3, 0.4) is 0 Å². The lowest BCUT2D eigenvalue weighted by atomic mass is 10.00. The third-order valence-electron chi connectivity index (χ3n) is 2.67. The predicted octanol–water partition coefficient (Wildman–Crippen LogP) is 2.40. The van der Waals surface area contributed by atoms with Gasteiger partial charge in [0.2, 0.25) is 0 Å². The van der Waals surface area contributed by atoms with Crippen LogP contribution in [0, 0.1) is 18.3 Å². The second kappa shape index (κ2) is 6.27. The molecule has 0 aliphatic rings. The molecule has 1 unspecified atom stereocenters. The van der Waals surface area contributed by atoms with E-state index in [1.54, 1.807) is 14.0 Å². The van der Waals surface area contributed by atoms with Crippen molar-refractivity contribution in [1.29, 1.82) is 5.26 Å². The van der Waals surface area contributed by atoms with Crippen molar-refractivity contribution in [3.63, 3.8) is 0 Å². The summed E-state index contributed by atoms with van der Waals surface area (Å²) < 4.78 is 10.9. The molecule has 18 heavy (non-hydrogen) atoms. The van der Waals surface area contributed by atoms with Crippen LogP contribution < -0.4 is 15.2 Å². The van der Waals surface area contributed by atoms with Gasteiger partial charge < -0.3 is 15.2 Å². The number of ether oxygens (including phenoxy) is 2. The van der Waals surface area contributed by atoms with Crippen LogP contribution in [0.4, 0.5) is 0 Å². The highest BCUT2D eigenvalue weighted by molar-refractivity contribution is 5.42. The third-order valence-corrected chi connectivity index (χ3v) is 2.67. The van der Waals surface area contributed by atoms with Crippen molar-refractivity contribution in [3.05, 3.63) is 23.8 Å². The van der Waals surface area contributed by atoms with Crippen LogP contribution in [0.1, 0.15) is 25.3 Å².